The summed E-state index contributed by atoms with van der Waals surface area (Å²) in [4.78, 5) is 0. The van der Waals surface area contributed by atoms with Crippen molar-refractivity contribution in [1.29, 1.82) is 0 Å². The van der Waals surface area contributed by atoms with E-state index < -0.39 is 0 Å². The molecule has 0 saturated carbocycles. The molecule has 0 aromatic rings. The molecule has 0 aromatic carbocycles. The van der Waals surface area contributed by atoms with Crippen LogP contribution < -0.4 is 5.32 Å². The van der Waals surface area contributed by atoms with Gasteiger partial charge in [0.25, 0.3) is 0 Å². The molecule has 90 valence electrons. The maximum absolute atomic E-state index is 9.62. The van der Waals surface area contributed by atoms with E-state index in [2.05, 4.69) is 19.2 Å². The van der Waals surface area contributed by atoms with E-state index in [-0.39, 0.29) is 18.2 Å². The molecule has 0 aromatic heterocycles. The second-order valence-electron chi connectivity index (χ2n) is 4.39. The second kappa shape index (κ2) is 6.43. The van der Waals surface area contributed by atoms with Crippen LogP contribution in [0.1, 0.15) is 20.8 Å². The lowest BCUT2D eigenvalue weighted by atomic mass is 10.0. The molecule has 4 heteroatoms. The maximum atomic E-state index is 9.62. The lowest BCUT2D eigenvalue weighted by Crippen LogP contribution is -2.49. The van der Waals surface area contributed by atoms with Crippen molar-refractivity contribution in [2.75, 3.05) is 26.4 Å². The molecule has 0 amide bonds. The Hall–Kier alpha value is -0.160. The monoisotopic (exact) mass is 217 g/mol. The normalized spacial score (nSPS) is 28.6. The van der Waals surface area contributed by atoms with Gasteiger partial charge in [0.2, 0.25) is 0 Å². The van der Waals surface area contributed by atoms with Gasteiger partial charge in [-0.1, -0.05) is 13.8 Å². The fourth-order valence-electron chi connectivity index (χ4n) is 1.65. The van der Waals surface area contributed by atoms with Gasteiger partial charge in [-0.25, -0.2) is 0 Å². The summed E-state index contributed by atoms with van der Waals surface area (Å²) in [6.07, 6.45) is -0.382. The Labute approximate surface area is 92.0 Å². The fraction of sp³-hybridized carbons (Fsp3) is 1.00. The van der Waals surface area contributed by atoms with Crippen LogP contribution in [0, 0.1) is 5.92 Å². The highest BCUT2D eigenvalue weighted by atomic mass is 16.5. The first-order valence-corrected chi connectivity index (χ1v) is 5.74. The Kier molecular flexibility index (Phi) is 5.53. The van der Waals surface area contributed by atoms with Crippen LogP contribution in [-0.2, 0) is 9.47 Å². The van der Waals surface area contributed by atoms with E-state index in [1.165, 1.54) is 0 Å². The van der Waals surface area contributed by atoms with Gasteiger partial charge >= 0.3 is 0 Å². The van der Waals surface area contributed by atoms with Crippen LogP contribution in [0.3, 0.4) is 0 Å². The van der Waals surface area contributed by atoms with Crippen molar-refractivity contribution in [3.05, 3.63) is 0 Å². The standard InChI is InChI=1S/C11H23NO3/c1-4-14-5-9(8(2)3)12-10-6-15-7-11(10)13/h8-13H,4-7H2,1-3H3. The van der Waals surface area contributed by atoms with Crippen molar-refractivity contribution in [2.45, 2.75) is 39.0 Å². The molecule has 1 aliphatic heterocycles. The van der Waals surface area contributed by atoms with Gasteiger partial charge in [-0.05, 0) is 12.8 Å². The molecule has 1 aliphatic rings. The number of aliphatic hydroxyl groups excluding tert-OH is 1. The summed E-state index contributed by atoms with van der Waals surface area (Å²) in [6, 6.07) is 0.337. The quantitative estimate of drug-likeness (QED) is 0.676. The number of aliphatic hydroxyl groups is 1. The molecule has 1 saturated heterocycles. The molecule has 0 radical (unpaired) electrons. The minimum atomic E-state index is -0.382. The minimum absolute atomic E-state index is 0.0536. The predicted octanol–water partition coefficient (Wildman–Crippen LogP) is 0.397. The van der Waals surface area contributed by atoms with Crippen LogP contribution >= 0.6 is 0 Å². The Bertz CT molecular complexity index is 175. The highest BCUT2D eigenvalue weighted by molar-refractivity contribution is 4.85. The van der Waals surface area contributed by atoms with E-state index in [0.717, 1.165) is 6.61 Å². The second-order valence-corrected chi connectivity index (χ2v) is 4.39. The molecule has 1 heterocycles. The van der Waals surface area contributed by atoms with Crippen LogP contribution in [0.15, 0.2) is 0 Å². The van der Waals surface area contributed by atoms with E-state index in [0.29, 0.717) is 25.7 Å². The number of ether oxygens (including phenoxy) is 2. The first kappa shape index (κ1) is 12.9. The van der Waals surface area contributed by atoms with Gasteiger partial charge in [0.05, 0.1) is 32.0 Å². The summed E-state index contributed by atoms with van der Waals surface area (Å²) in [7, 11) is 0. The molecule has 3 atom stereocenters. The van der Waals surface area contributed by atoms with E-state index in [1.54, 1.807) is 0 Å². The smallest absolute Gasteiger partial charge is 0.0948 e. The van der Waals surface area contributed by atoms with Gasteiger partial charge in [-0.2, -0.15) is 0 Å². The summed E-state index contributed by atoms with van der Waals surface area (Å²) in [5.41, 5.74) is 0. The maximum Gasteiger partial charge on any atom is 0.0948 e. The lowest BCUT2D eigenvalue weighted by Gasteiger charge is -2.26. The zero-order valence-electron chi connectivity index (χ0n) is 9.90. The van der Waals surface area contributed by atoms with Gasteiger partial charge < -0.3 is 19.9 Å². The molecule has 2 N–H and O–H groups in total. The summed E-state index contributed by atoms with van der Waals surface area (Å²) < 4.78 is 10.6. The van der Waals surface area contributed by atoms with Gasteiger partial charge in [-0.3, -0.25) is 0 Å². The third kappa shape index (κ3) is 4.07. The van der Waals surface area contributed by atoms with E-state index in [1.807, 2.05) is 6.92 Å². The van der Waals surface area contributed by atoms with Gasteiger partial charge in [0.15, 0.2) is 0 Å². The van der Waals surface area contributed by atoms with Crippen molar-refractivity contribution in [3.8, 4) is 0 Å². The predicted molar refractivity (Wildman–Crippen MR) is 58.9 cm³/mol. The summed E-state index contributed by atoms with van der Waals surface area (Å²) in [6.45, 7) is 8.75. The largest absolute Gasteiger partial charge is 0.389 e. The van der Waals surface area contributed by atoms with Crippen molar-refractivity contribution < 1.29 is 14.6 Å². The minimum Gasteiger partial charge on any atom is -0.389 e. The van der Waals surface area contributed by atoms with E-state index in [9.17, 15) is 5.11 Å². The molecular formula is C11H23NO3. The zero-order valence-corrected chi connectivity index (χ0v) is 9.90. The average molecular weight is 217 g/mol. The summed E-state index contributed by atoms with van der Waals surface area (Å²) in [5.74, 6) is 0.490. The van der Waals surface area contributed by atoms with Crippen LogP contribution in [0.5, 0.6) is 0 Å². The molecule has 3 unspecified atom stereocenters. The Morgan fingerprint density at radius 2 is 2.20 bits per heavy atom. The Morgan fingerprint density at radius 1 is 1.47 bits per heavy atom. The lowest BCUT2D eigenvalue weighted by molar-refractivity contribution is 0.0884. The molecule has 1 fully saturated rings. The molecule has 0 bridgehead atoms. The molecule has 15 heavy (non-hydrogen) atoms. The highest BCUT2D eigenvalue weighted by Gasteiger charge is 2.29. The number of rotatable bonds is 6. The van der Waals surface area contributed by atoms with Gasteiger partial charge in [0, 0.05) is 12.6 Å². The molecule has 1 rings (SSSR count). The third-order valence-corrected chi connectivity index (χ3v) is 2.78. The van der Waals surface area contributed by atoms with Crippen molar-refractivity contribution >= 4 is 0 Å². The Balaban J connectivity index is 2.35. The van der Waals surface area contributed by atoms with Crippen LogP contribution in [0.2, 0.25) is 0 Å². The van der Waals surface area contributed by atoms with Crippen LogP contribution in [0.25, 0.3) is 0 Å². The van der Waals surface area contributed by atoms with E-state index in [4.69, 9.17) is 9.47 Å². The third-order valence-electron chi connectivity index (χ3n) is 2.78. The Morgan fingerprint density at radius 3 is 2.67 bits per heavy atom. The SMILES string of the molecule is CCOCC(NC1COCC1O)C(C)C. The number of hydrogen-bond donors (Lipinski definition) is 2. The first-order valence-electron chi connectivity index (χ1n) is 5.74. The van der Waals surface area contributed by atoms with Crippen molar-refractivity contribution in [2.24, 2.45) is 5.92 Å². The zero-order chi connectivity index (χ0) is 11.3. The topological polar surface area (TPSA) is 50.7 Å². The van der Waals surface area contributed by atoms with Crippen LogP contribution in [-0.4, -0.2) is 49.7 Å². The molecule has 0 spiro atoms. The number of nitrogens with one attached hydrogen (secondary N) is 1. The summed E-state index contributed by atoms with van der Waals surface area (Å²) in [5, 5.41) is 13.0. The van der Waals surface area contributed by atoms with Gasteiger partial charge in [-0.15, -0.1) is 0 Å². The average Bonchev–Trinajstić information content (AvgIpc) is 2.58. The van der Waals surface area contributed by atoms with E-state index >= 15 is 0 Å². The number of hydrogen-bond acceptors (Lipinski definition) is 4. The molecule has 4 nitrogen and oxygen atoms in total. The van der Waals surface area contributed by atoms with Crippen molar-refractivity contribution in [3.63, 3.8) is 0 Å². The summed E-state index contributed by atoms with van der Waals surface area (Å²) >= 11 is 0. The van der Waals surface area contributed by atoms with Crippen molar-refractivity contribution in [1.82, 2.24) is 5.32 Å². The molecular weight excluding hydrogens is 194 g/mol. The fourth-order valence-corrected chi connectivity index (χ4v) is 1.65. The highest BCUT2D eigenvalue weighted by Crippen LogP contribution is 2.10. The van der Waals surface area contributed by atoms with Crippen LogP contribution in [0.4, 0.5) is 0 Å². The first-order chi connectivity index (χ1) is 7.15. The molecule has 0 aliphatic carbocycles. The van der Waals surface area contributed by atoms with Gasteiger partial charge in [0.1, 0.15) is 0 Å².